The molecule has 2 heterocycles. The zero-order valence-electron chi connectivity index (χ0n) is 25.9. The van der Waals surface area contributed by atoms with Gasteiger partial charge in [-0.05, 0) is 79.9 Å². The van der Waals surface area contributed by atoms with Gasteiger partial charge in [0.05, 0.1) is 49.3 Å². The number of hydrogen-bond donors (Lipinski definition) is 0. The Morgan fingerprint density at radius 3 is 2.46 bits per heavy atom. The topological polar surface area (TPSA) is 97.6 Å². The van der Waals surface area contributed by atoms with Crippen LogP contribution in [0, 0.1) is 0 Å². The van der Waals surface area contributed by atoms with Gasteiger partial charge in [0.25, 0.3) is 5.56 Å². The van der Waals surface area contributed by atoms with Gasteiger partial charge in [-0.25, -0.2) is 9.79 Å². The minimum Gasteiger partial charge on any atom is -0.493 e. The number of fused-ring (bicyclic) bond motifs is 1. The average Bonchev–Trinajstić information content (AvgIpc) is 3.33. The van der Waals surface area contributed by atoms with Crippen molar-refractivity contribution in [1.82, 2.24) is 4.57 Å². The van der Waals surface area contributed by atoms with Gasteiger partial charge in [-0.1, -0.05) is 57.1 Å². The molecular formula is C34H32BrClN2O7S. The van der Waals surface area contributed by atoms with Gasteiger partial charge in [-0.15, -0.1) is 0 Å². The van der Waals surface area contributed by atoms with Crippen LogP contribution in [0.5, 0.6) is 23.0 Å². The molecule has 0 bridgehead atoms. The highest BCUT2D eigenvalue weighted by Gasteiger charge is 2.35. The maximum absolute atomic E-state index is 14.2. The van der Waals surface area contributed by atoms with Crippen molar-refractivity contribution in [2.24, 2.45) is 4.99 Å². The maximum atomic E-state index is 14.2. The minimum absolute atomic E-state index is 0.167. The van der Waals surface area contributed by atoms with Crippen LogP contribution in [-0.2, 0) is 16.1 Å². The molecule has 4 aromatic rings. The Hall–Kier alpha value is -4.06. The normalized spacial score (nSPS) is 14.4. The molecule has 0 fully saturated rings. The number of carbonyl (C=O) groups is 1. The van der Waals surface area contributed by atoms with E-state index in [0.29, 0.717) is 66.3 Å². The number of rotatable bonds is 11. The Labute approximate surface area is 283 Å². The number of thiazole rings is 1. The van der Waals surface area contributed by atoms with Crippen LogP contribution >= 0.6 is 38.9 Å². The molecule has 0 saturated carbocycles. The quantitative estimate of drug-likeness (QED) is 0.170. The first kappa shape index (κ1) is 33.3. The van der Waals surface area contributed by atoms with Crippen molar-refractivity contribution >= 4 is 50.9 Å². The fourth-order valence-electron chi connectivity index (χ4n) is 5.11. The van der Waals surface area contributed by atoms with Gasteiger partial charge in [-0.3, -0.25) is 9.36 Å². The summed E-state index contributed by atoms with van der Waals surface area (Å²) in [7, 11) is 3.06. The number of esters is 1. The highest BCUT2D eigenvalue weighted by atomic mass is 79.9. The highest BCUT2D eigenvalue weighted by Crippen LogP contribution is 2.41. The van der Waals surface area contributed by atoms with E-state index in [4.69, 9.17) is 35.3 Å². The Balaban J connectivity index is 1.60. The molecule has 9 nitrogen and oxygen atoms in total. The fourth-order valence-corrected chi connectivity index (χ4v) is 6.91. The van der Waals surface area contributed by atoms with E-state index in [1.54, 1.807) is 32.1 Å². The number of methoxy groups -OCH3 is 2. The molecule has 0 amide bonds. The molecule has 0 radical (unpaired) electrons. The number of nitrogens with zero attached hydrogens (tertiary/aromatic N) is 2. The van der Waals surface area contributed by atoms with E-state index in [1.807, 2.05) is 49.4 Å². The molecule has 12 heteroatoms. The molecule has 1 atom stereocenters. The maximum Gasteiger partial charge on any atom is 0.338 e. The summed E-state index contributed by atoms with van der Waals surface area (Å²) in [5.41, 5.74) is 2.67. The second-order valence-electron chi connectivity index (χ2n) is 10.1. The molecule has 1 aliphatic heterocycles. The van der Waals surface area contributed by atoms with E-state index in [0.717, 1.165) is 11.1 Å². The molecule has 0 aliphatic carbocycles. The smallest absolute Gasteiger partial charge is 0.338 e. The number of allylic oxidation sites excluding steroid dienone is 1. The second-order valence-corrected chi connectivity index (χ2v) is 12.4. The summed E-state index contributed by atoms with van der Waals surface area (Å²) in [6.45, 7) is 6.26. The summed E-state index contributed by atoms with van der Waals surface area (Å²) in [4.78, 5) is 32.6. The number of aromatic nitrogens is 1. The van der Waals surface area contributed by atoms with Gasteiger partial charge in [0, 0.05) is 9.50 Å². The third-order valence-corrected chi connectivity index (χ3v) is 9.07. The Bertz CT molecular complexity index is 2000. The van der Waals surface area contributed by atoms with Crippen LogP contribution in [0.25, 0.3) is 6.08 Å². The molecule has 0 N–H and O–H groups in total. The first-order valence-corrected chi connectivity index (χ1v) is 16.4. The van der Waals surface area contributed by atoms with Gasteiger partial charge in [0.2, 0.25) is 0 Å². The predicted molar refractivity (Wildman–Crippen MR) is 181 cm³/mol. The molecule has 3 aromatic carbocycles. The Morgan fingerprint density at radius 2 is 1.76 bits per heavy atom. The van der Waals surface area contributed by atoms with Gasteiger partial charge in [-0.2, -0.15) is 0 Å². The molecule has 0 unspecified atom stereocenters. The Kier molecular flexibility index (Phi) is 10.6. The lowest BCUT2D eigenvalue weighted by atomic mass is 9.95. The molecule has 46 heavy (non-hydrogen) atoms. The van der Waals surface area contributed by atoms with E-state index in [1.165, 1.54) is 30.1 Å². The van der Waals surface area contributed by atoms with Gasteiger partial charge < -0.3 is 23.7 Å². The third-order valence-electron chi connectivity index (χ3n) is 7.16. The largest absolute Gasteiger partial charge is 0.493 e. The molecular weight excluding hydrogens is 696 g/mol. The number of benzene rings is 3. The van der Waals surface area contributed by atoms with Crippen LogP contribution in [0.1, 0.15) is 43.5 Å². The number of ether oxygens (including phenoxy) is 5. The molecule has 240 valence electrons. The SMILES string of the molecule is CCOC(=O)C1=C(C)N=c2s/c(=C\c3ccc(OCc4cccc(Cl)c4)c(OCC)c3)c(=O)n2[C@@H]1c1cc(OC)c(OC)cc1Br. The predicted octanol–water partition coefficient (Wildman–Crippen LogP) is 6.21. The van der Waals surface area contributed by atoms with E-state index < -0.39 is 12.0 Å². The van der Waals surface area contributed by atoms with Gasteiger partial charge >= 0.3 is 5.97 Å². The third kappa shape index (κ3) is 6.86. The minimum atomic E-state index is -0.840. The van der Waals surface area contributed by atoms with E-state index in [9.17, 15) is 9.59 Å². The summed E-state index contributed by atoms with van der Waals surface area (Å²) in [6, 6.07) is 15.6. The fraction of sp³-hybridized carbons (Fsp3) is 0.265. The zero-order chi connectivity index (χ0) is 33.0. The molecule has 0 spiro atoms. The average molecular weight is 728 g/mol. The molecule has 0 saturated heterocycles. The van der Waals surface area contributed by atoms with Crippen molar-refractivity contribution in [1.29, 1.82) is 0 Å². The van der Waals surface area contributed by atoms with E-state index in [2.05, 4.69) is 20.9 Å². The van der Waals surface area contributed by atoms with Gasteiger partial charge in [0.15, 0.2) is 27.8 Å². The van der Waals surface area contributed by atoms with Crippen LogP contribution in [0.2, 0.25) is 5.02 Å². The second kappa shape index (κ2) is 14.6. The molecule has 1 aromatic heterocycles. The van der Waals surface area contributed by atoms with Crippen molar-refractivity contribution in [3.05, 3.63) is 112 Å². The summed E-state index contributed by atoms with van der Waals surface area (Å²) in [5.74, 6) is 1.49. The molecule has 5 rings (SSSR count). The van der Waals surface area contributed by atoms with Crippen LogP contribution in [0.3, 0.4) is 0 Å². The van der Waals surface area contributed by atoms with Crippen molar-refractivity contribution in [3.63, 3.8) is 0 Å². The summed E-state index contributed by atoms with van der Waals surface area (Å²) >= 11 is 11.0. The molecule has 1 aliphatic rings. The zero-order valence-corrected chi connectivity index (χ0v) is 29.0. The van der Waals surface area contributed by atoms with Crippen LogP contribution in [0.15, 0.2) is 80.1 Å². The number of carbonyl (C=O) groups excluding carboxylic acids is 1. The summed E-state index contributed by atoms with van der Waals surface area (Å²) in [5, 5.41) is 0.633. The number of hydrogen-bond acceptors (Lipinski definition) is 9. The van der Waals surface area contributed by atoms with Gasteiger partial charge in [0.1, 0.15) is 6.61 Å². The van der Waals surface area contributed by atoms with Crippen molar-refractivity contribution in [2.75, 3.05) is 27.4 Å². The van der Waals surface area contributed by atoms with Crippen LogP contribution in [0.4, 0.5) is 0 Å². The summed E-state index contributed by atoms with van der Waals surface area (Å²) < 4.78 is 31.0. The lowest BCUT2D eigenvalue weighted by Crippen LogP contribution is -2.40. The lowest BCUT2D eigenvalue weighted by Gasteiger charge is -2.26. The van der Waals surface area contributed by atoms with Crippen LogP contribution in [-0.4, -0.2) is 38.0 Å². The first-order valence-electron chi connectivity index (χ1n) is 14.4. The van der Waals surface area contributed by atoms with E-state index >= 15 is 0 Å². The first-order chi connectivity index (χ1) is 22.2. The van der Waals surface area contributed by atoms with E-state index in [-0.39, 0.29) is 17.7 Å². The van der Waals surface area contributed by atoms with Crippen molar-refractivity contribution in [2.45, 2.75) is 33.4 Å². The summed E-state index contributed by atoms with van der Waals surface area (Å²) in [6.07, 6.45) is 1.77. The Morgan fingerprint density at radius 1 is 1.00 bits per heavy atom. The number of halogens is 2. The lowest BCUT2D eigenvalue weighted by molar-refractivity contribution is -0.139. The van der Waals surface area contributed by atoms with Crippen molar-refractivity contribution < 1.29 is 28.5 Å². The highest BCUT2D eigenvalue weighted by molar-refractivity contribution is 9.10. The van der Waals surface area contributed by atoms with Crippen molar-refractivity contribution in [3.8, 4) is 23.0 Å². The monoisotopic (exact) mass is 726 g/mol. The van der Waals surface area contributed by atoms with Crippen LogP contribution < -0.4 is 33.8 Å². The standard InChI is InChI=1S/C34H32BrClN2O7S/c1-6-43-28-14-20(11-12-25(28)45-18-21-9-8-10-22(36)13-21)15-29-32(39)38-31(23-16-26(41-4)27(42-5)17-24(23)35)30(33(40)44-7-2)19(3)37-34(38)46-29/h8-17,31H,6-7,18H2,1-5H3/b29-15-/t31-/m1/s1.